The molecule has 2 amide bonds. The summed E-state index contributed by atoms with van der Waals surface area (Å²) in [7, 11) is 0. The highest BCUT2D eigenvalue weighted by Crippen LogP contribution is 2.20. The van der Waals surface area contributed by atoms with Crippen LogP contribution in [0.25, 0.3) is 0 Å². The van der Waals surface area contributed by atoms with Crippen LogP contribution >= 0.6 is 0 Å². The topological polar surface area (TPSA) is 107 Å². The lowest BCUT2D eigenvalue weighted by Crippen LogP contribution is -2.43. The first kappa shape index (κ1) is 21.8. The lowest BCUT2D eigenvalue weighted by atomic mass is 10.1. The maximum Gasteiger partial charge on any atom is 0.270 e. The number of hydrogen-bond donors (Lipinski definition) is 2. The molecule has 0 spiro atoms. The number of likely N-dealkylation sites (tertiary alicyclic amines) is 1. The number of piperidine rings is 2. The van der Waals surface area contributed by atoms with Crippen LogP contribution in [0.15, 0.2) is 42.6 Å². The summed E-state index contributed by atoms with van der Waals surface area (Å²) in [6, 6.07) is 12.6. The van der Waals surface area contributed by atoms with Crippen molar-refractivity contribution in [1.29, 1.82) is 5.26 Å². The number of nitrogens with zero attached hydrogens (tertiary/aromatic N) is 3. The molecule has 0 atom stereocenters. The van der Waals surface area contributed by atoms with E-state index in [0.29, 0.717) is 29.9 Å². The number of amides is 2. The summed E-state index contributed by atoms with van der Waals surface area (Å²) in [5.41, 5.74) is 1.41. The Morgan fingerprint density at radius 1 is 1.06 bits per heavy atom. The maximum atomic E-state index is 12.8. The Kier molecular flexibility index (Phi) is 6.97. The summed E-state index contributed by atoms with van der Waals surface area (Å²) >= 11 is 0. The summed E-state index contributed by atoms with van der Waals surface area (Å²) in [5.74, 6) is 0.452. The molecule has 2 aromatic rings. The predicted octanol–water partition coefficient (Wildman–Crippen LogP) is 2.12. The Balaban J connectivity index is 1.27. The largest absolute Gasteiger partial charge is 0.490 e. The molecule has 2 aliphatic rings. The van der Waals surface area contributed by atoms with Crippen molar-refractivity contribution in [3.8, 4) is 11.8 Å². The van der Waals surface area contributed by atoms with Crippen molar-refractivity contribution in [3.63, 3.8) is 0 Å². The van der Waals surface area contributed by atoms with Gasteiger partial charge in [0.15, 0.2) is 0 Å². The minimum absolute atomic E-state index is 0.0335. The van der Waals surface area contributed by atoms with Crippen LogP contribution in [0.4, 0.5) is 0 Å². The molecule has 2 fully saturated rings. The highest BCUT2D eigenvalue weighted by atomic mass is 16.5. The highest BCUT2D eigenvalue weighted by Gasteiger charge is 2.25. The molecule has 2 N–H and O–H groups in total. The molecule has 1 aromatic carbocycles. The Hall–Kier alpha value is -3.44. The summed E-state index contributed by atoms with van der Waals surface area (Å²) in [6.07, 6.45) is 4.80. The third-order valence-corrected chi connectivity index (χ3v) is 5.93. The molecule has 0 unspecified atom stereocenters. The molecule has 0 bridgehead atoms. The van der Waals surface area contributed by atoms with Gasteiger partial charge in [-0.15, -0.1) is 0 Å². The van der Waals surface area contributed by atoms with E-state index in [9.17, 15) is 9.59 Å². The van der Waals surface area contributed by atoms with Gasteiger partial charge < -0.3 is 20.3 Å². The van der Waals surface area contributed by atoms with Gasteiger partial charge >= 0.3 is 0 Å². The van der Waals surface area contributed by atoms with Gasteiger partial charge in [0.1, 0.15) is 17.5 Å². The zero-order valence-electron chi connectivity index (χ0n) is 17.9. The number of pyridine rings is 1. The van der Waals surface area contributed by atoms with Gasteiger partial charge in [0.2, 0.25) is 0 Å². The monoisotopic (exact) mass is 433 g/mol. The predicted molar refractivity (Wildman–Crippen MR) is 118 cm³/mol. The zero-order chi connectivity index (χ0) is 22.3. The van der Waals surface area contributed by atoms with Gasteiger partial charge in [0.05, 0.1) is 17.2 Å². The number of nitrogens with one attached hydrogen (secondary N) is 2. The molecule has 1 aromatic heterocycles. The summed E-state index contributed by atoms with van der Waals surface area (Å²) in [6.45, 7) is 3.00. The van der Waals surface area contributed by atoms with E-state index >= 15 is 0 Å². The first-order chi connectivity index (χ1) is 15.6. The Bertz CT molecular complexity index is 970. The standard InChI is InChI=1S/C24H27N5O3/c25-15-17-1-4-20(5-2-17)32-21-9-13-29(14-10-21)24(31)18-3-6-22(27-16-18)23(30)28-19-7-11-26-12-8-19/h1-6,16,19,21,26H,7-14H2,(H,28,30). The average Bonchev–Trinajstić information content (AvgIpc) is 2.85. The van der Waals surface area contributed by atoms with Gasteiger partial charge in [0, 0.05) is 38.2 Å². The molecule has 2 saturated heterocycles. The fourth-order valence-electron chi connectivity index (χ4n) is 4.04. The van der Waals surface area contributed by atoms with Crippen molar-refractivity contribution in [2.45, 2.75) is 37.8 Å². The number of rotatable bonds is 5. The van der Waals surface area contributed by atoms with Gasteiger partial charge in [-0.3, -0.25) is 14.6 Å². The van der Waals surface area contributed by atoms with E-state index in [2.05, 4.69) is 21.7 Å². The van der Waals surface area contributed by atoms with Crippen LogP contribution in [0.5, 0.6) is 5.75 Å². The van der Waals surface area contributed by atoms with Gasteiger partial charge in [0.25, 0.3) is 11.8 Å². The van der Waals surface area contributed by atoms with E-state index in [0.717, 1.165) is 44.5 Å². The number of benzene rings is 1. The molecule has 32 heavy (non-hydrogen) atoms. The SMILES string of the molecule is N#Cc1ccc(OC2CCN(C(=O)c3ccc(C(=O)NC4CCNCC4)nc3)CC2)cc1. The van der Waals surface area contributed by atoms with E-state index < -0.39 is 0 Å². The number of carbonyl (C=O) groups excluding carboxylic acids is 2. The van der Waals surface area contributed by atoms with Crippen LogP contribution < -0.4 is 15.4 Å². The summed E-state index contributed by atoms with van der Waals surface area (Å²) in [5, 5.41) is 15.2. The molecular formula is C24H27N5O3. The zero-order valence-corrected chi connectivity index (χ0v) is 17.9. The van der Waals surface area contributed by atoms with Crippen molar-refractivity contribution in [2.24, 2.45) is 0 Å². The molecule has 0 radical (unpaired) electrons. The number of nitriles is 1. The fourth-order valence-corrected chi connectivity index (χ4v) is 4.04. The van der Waals surface area contributed by atoms with Crippen molar-refractivity contribution in [3.05, 3.63) is 59.4 Å². The van der Waals surface area contributed by atoms with Crippen LogP contribution in [0.3, 0.4) is 0 Å². The van der Waals surface area contributed by atoms with Crippen molar-refractivity contribution < 1.29 is 14.3 Å². The number of ether oxygens (including phenoxy) is 1. The molecule has 8 nitrogen and oxygen atoms in total. The second-order valence-corrected chi connectivity index (χ2v) is 8.18. The van der Waals surface area contributed by atoms with Crippen LogP contribution in [0, 0.1) is 11.3 Å². The lowest BCUT2D eigenvalue weighted by molar-refractivity contribution is 0.0594. The minimum Gasteiger partial charge on any atom is -0.490 e. The van der Waals surface area contributed by atoms with Crippen LogP contribution in [0.1, 0.15) is 52.1 Å². The number of carbonyl (C=O) groups is 2. The van der Waals surface area contributed by atoms with Crippen LogP contribution in [0.2, 0.25) is 0 Å². The Morgan fingerprint density at radius 2 is 1.78 bits per heavy atom. The third kappa shape index (κ3) is 5.42. The molecule has 4 rings (SSSR count). The van der Waals surface area contributed by atoms with Crippen molar-refractivity contribution >= 4 is 11.8 Å². The van der Waals surface area contributed by atoms with E-state index in [-0.39, 0.29) is 24.0 Å². The van der Waals surface area contributed by atoms with E-state index in [1.165, 1.54) is 6.20 Å². The number of aromatic nitrogens is 1. The molecule has 3 heterocycles. The van der Waals surface area contributed by atoms with Crippen molar-refractivity contribution in [1.82, 2.24) is 20.5 Å². The van der Waals surface area contributed by atoms with E-state index in [1.807, 2.05) is 0 Å². The van der Waals surface area contributed by atoms with Crippen LogP contribution in [-0.4, -0.2) is 60.0 Å². The van der Waals surface area contributed by atoms with Gasteiger partial charge in [-0.25, -0.2) is 0 Å². The van der Waals surface area contributed by atoms with E-state index in [4.69, 9.17) is 10.00 Å². The Labute approximate surface area is 187 Å². The highest BCUT2D eigenvalue weighted by molar-refractivity contribution is 5.96. The summed E-state index contributed by atoms with van der Waals surface area (Å²) < 4.78 is 5.98. The molecule has 8 heteroatoms. The van der Waals surface area contributed by atoms with E-state index in [1.54, 1.807) is 41.3 Å². The molecule has 2 aliphatic heterocycles. The molecular weight excluding hydrogens is 406 g/mol. The lowest BCUT2D eigenvalue weighted by Gasteiger charge is -2.32. The molecule has 0 aliphatic carbocycles. The molecule has 0 saturated carbocycles. The first-order valence-corrected chi connectivity index (χ1v) is 11.1. The van der Waals surface area contributed by atoms with Gasteiger partial charge in [-0.1, -0.05) is 0 Å². The quantitative estimate of drug-likeness (QED) is 0.748. The second kappa shape index (κ2) is 10.2. The average molecular weight is 434 g/mol. The number of hydrogen-bond acceptors (Lipinski definition) is 6. The first-order valence-electron chi connectivity index (χ1n) is 11.1. The minimum atomic E-state index is -0.198. The normalized spacial score (nSPS) is 17.4. The maximum absolute atomic E-state index is 12.8. The van der Waals surface area contributed by atoms with Crippen molar-refractivity contribution in [2.75, 3.05) is 26.2 Å². The van der Waals surface area contributed by atoms with Crippen LogP contribution in [-0.2, 0) is 0 Å². The smallest absolute Gasteiger partial charge is 0.270 e. The van der Waals surface area contributed by atoms with Gasteiger partial charge in [-0.05, 0) is 62.3 Å². The Morgan fingerprint density at radius 3 is 2.41 bits per heavy atom. The summed E-state index contributed by atoms with van der Waals surface area (Å²) in [4.78, 5) is 31.3. The second-order valence-electron chi connectivity index (χ2n) is 8.18. The fraction of sp³-hybridized carbons (Fsp3) is 0.417. The molecule has 166 valence electrons. The third-order valence-electron chi connectivity index (χ3n) is 5.93. The van der Waals surface area contributed by atoms with Gasteiger partial charge in [-0.2, -0.15) is 5.26 Å².